The quantitative estimate of drug-likeness (QED) is 0.534. The Balaban J connectivity index is 0. The largest absolute Gasteiger partial charge is 0.396 e. The molecule has 18 heavy (non-hydrogen) atoms. The van der Waals surface area contributed by atoms with E-state index in [1.807, 2.05) is 7.05 Å². The number of carbonyl (C=O) groups is 1. The van der Waals surface area contributed by atoms with Crippen molar-refractivity contribution < 1.29 is 9.90 Å². The summed E-state index contributed by atoms with van der Waals surface area (Å²) >= 11 is 0. The van der Waals surface area contributed by atoms with Crippen molar-refractivity contribution in [3.8, 4) is 0 Å². The molecule has 0 saturated carbocycles. The van der Waals surface area contributed by atoms with E-state index in [-0.39, 0.29) is 30.3 Å². The molecule has 0 unspecified atom stereocenters. The van der Waals surface area contributed by atoms with Crippen molar-refractivity contribution in [2.24, 2.45) is 5.41 Å². The minimum atomic E-state index is 0. The molecule has 0 radical (unpaired) electrons. The van der Waals surface area contributed by atoms with Crippen LogP contribution in [0.3, 0.4) is 0 Å². The van der Waals surface area contributed by atoms with E-state index in [2.05, 4.69) is 24.5 Å². The monoisotopic (exact) mass is 280 g/mol. The van der Waals surface area contributed by atoms with Gasteiger partial charge >= 0.3 is 0 Å². The second-order valence-electron chi connectivity index (χ2n) is 4.66. The van der Waals surface area contributed by atoms with E-state index >= 15 is 0 Å². The lowest BCUT2D eigenvalue weighted by Gasteiger charge is -2.31. The second-order valence-corrected chi connectivity index (χ2v) is 4.66. The van der Waals surface area contributed by atoms with Gasteiger partial charge in [0.15, 0.2) is 0 Å². The Morgan fingerprint density at radius 1 is 1.28 bits per heavy atom. The predicted molar refractivity (Wildman–Crippen MR) is 78.1 cm³/mol. The lowest BCUT2D eigenvalue weighted by atomic mass is 9.79. The molecular formula is C13H29ClN2O2. The molecule has 0 bridgehead atoms. The molecule has 110 valence electrons. The Bertz CT molecular complexity index is 209. The van der Waals surface area contributed by atoms with Gasteiger partial charge in [0.05, 0.1) is 0 Å². The van der Waals surface area contributed by atoms with E-state index in [1.165, 1.54) is 0 Å². The zero-order valence-electron chi connectivity index (χ0n) is 11.9. The number of hydrogen-bond donors (Lipinski definition) is 3. The smallest absolute Gasteiger partial charge is 0.220 e. The van der Waals surface area contributed by atoms with Gasteiger partial charge in [-0.3, -0.25) is 4.79 Å². The van der Waals surface area contributed by atoms with Gasteiger partial charge in [-0.15, -0.1) is 12.4 Å². The number of rotatable bonds is 10. The molecule has 0 aromatic rings. The normalized spacial score (nSPS) is 10.9. The Kier molecular flexibility index (Phi) is 13.1. The maximum absolute atomic E-state index is 11.6. The summed E-state index contributed by atoms with van der Waals surface area (Å²) in [6.45, 7) is 5.98. The fraction of sp³-hybridized carbons (Fsp3) is 0.923. The molecule has 0 aliphatic carbocycles. The van der Waals surface area contributed by atoms with Crippen molar-refractivity contribution in [3.63, 3.8) is 0 Å². The Morgan fingerprint density at radius 3 is 2.33 bits per heavy atom. The van der Waals surface area contributed by atoms with Crippen LogP contribution in [0.4, 0.5) is 0 Å². The maximum Gasteiger partial charge on any atom is 0.220 e. The van der Waals surface area contributed by atoms with Crippen LogP contribution in [-0.4, -0.2) is 37.8 Å². The van der Waals surface area contributed by atoms with Gasteiger partial charge in [0.2, 0.25) is 5.91 Å². The van der Waals surface area contributed by atoms with Crippen LogP contribution in [0, 0.1) is 5.41 Å². The van der Waals surface area contributed by atoms with Crippen LogP contribution in [0.2, 0.25) is 0 Å². The van der Waals surface area contributed by atoms with Crippen LogP contribution in [0.25, 0.3) is 0 Å². The molecule has 0 saturated heterocycles. The zero-order valence-corrected chi connectivity index (χ0v) is 12.7. The molecule has 1 amide bonds. The first kappa shape index (κ1) is 20.0. The first-order chi connectivity index (χ1) is 8.14. The van der Waals surface area contributed by atoms with Crippen molar-refractivity contribution in [2.45, 2.75) is 46.0 Å². The number of aliphatic hydroxyl groups is 1. The van der Waals surface area contributed by atoms with E-state index in [0.29, 0.717) is 13.0 Å². The van der Waals surface area contributed by atoms with Gasteiger partial charge in [-0.2, -0.15) is 0 Å². The van der Waals surface area contributed by atoms with Crippen molar-refractivity contribution in [1.29, 1.82) is 0 Å². The molecule has 0 spiro atoms. The summed E-state index contributed by atoms with van der Waals surface area (Å²) in [6.07, 6.45) is 4.18. The van der Waals surface area contributed by atoms with Crippen molar-refractivity contribution in [1.82, 2.24) is 10.6 Å². The Labute approximate surface area is 117 Å². The Hall–Kier alpha value is -0.320. The van der Waals surface area contributed by atoms with Crippen LogP contribution < -0.4 is 10.6 Å². The highest BCUT2D eigenvalue weighted by Crippen LogP contribution is 2.29. The van der Waals surface area contributed by atoms with E-state index in [0.717, 1.165) is 32.2 Å². The third-order valence-electron chi connectivity index (χ3n) is 3.63. The molecular weight excluding hydrogens is 252 g/mol. The Morgan fingerprint density at radius 2 is 1.89 bits per heavy atom. The zero-order chi connectivity index (χ0) is 13.1. The van der Waals surface area contributed by atoms with Gasteiger partial charge in [-0.05, 0) is 44.7 Å². The van der Waals surface area contributed by atoms with Gasteiger partial charge in [0.1, 0.15) is 0 Å². The molecule has 4 nitrogen and oxygen atoms in total. The van der Waals surface area contributed by atoms with Gasteiger partial charge in [-0.25, -0.2) is 0 Å². The topological polar surface area (TPSA) is 61.4 Å². The third kappa shape index (κ3) is 7.90. The first-order valence-corrected chi connectivity index (χ1v) is 6.66. The number of halogens is 1. The summed E-state index contributed by atoms with van der Waals surface area (Å²) in [6, 6.07) is 0. The number of nitrogens with one attached hydrogen (secondary N) is 2. The molecule has 0 aromatic carbocycles. The van der Waals surface area contributed by atoms with E-state index < -0.39 is 0 Å². The first-order valence-electron chi connectivity index (χ1n) is 6.66. The van der Waals surface area contributed by atoms with E-state index in [1.54, 1.807) is 0 Å². The number of amides is 1. The van der Waals surface area contributed by atoms with Crippen LogP contribution in [0.1, 0.15) is 46.0 Å². The minimum absolute atomic E-state index is 0. The fourth-order valence-corrected chi connectivity index (χ4v) is 1.98. The van der Waals surface area contributed by atoms with Crippen molar-refractivity contribution in [3.05, 3.63) is 0 Å². The molecule has 0 atom stereocenters. The lowest BCUT2D eigenvalue weighted by molar-refractivity contribution is -0.121. The third-order valence-corrected chi connectivity index (χ3v) is 3.63. The minimum Gasteiger partial charge on any atom is -0.396 e. The van der Waals surface area contributed by atoms with Crippen molar-refractivity contribution >= 4 is 18.3 Å². The molecule has 0 aliphatic heterocycles. The summed E-state index contributed by atoms with van der Waals surface area (Å²) in [4.78, 5) is 11.6. The lowest BCUT2D eigenvalue weighted by Crippen LogP contribution is -2.37. The summed E-state index contributed by atoms with van der Waals surface area (Å²) in [5, 5.41) is 15.1. The molecule has 5 heteroatoms. The number of carbonyl (C=O) groups excluding carboxylic acids is 1. The summed E-state index contributed by atoms with van der Waals surface area (Å²) in [7, 11) is 1.89. The van der Waals surface area contributed by atoms with Crippen molar-refractivity contribution in [2.75, 3.05) is 26.7 Å². The predicted octanol–water partition coefficient (Wildman–Crippen LogP) is 1.71. The SMILES string of the molecule is CCC(CC)(CCO)CNC(=O)CCCNC.Cl. The highest BCUT2D eigenvalue weighted by molar-refractivity contribution is 5.85. The summed E-state index contributed by atoms with van der Waals surface area (Å²) in [5.41, 5.74) is 0.0629. The molecule has 0 heterocycles. The maximum atomic E-state index is 11.6. The average Bonchev–Trinajstić information content (AvgIpc) is 2.35. The number of aliphatic hydroxyl groups excluding tert-OH is 1. The second kappa shape index (κ2) is 11.8. The molecule has 0 rings (SSSR count). The highest BCUT2D eigenvalue weighted by atomic mass is 35.5. The molecule has 0 aromatic heterocycles. The molecule has 0 aliphatic rings. The molecule has 0 fully saturated rings. The van der Waals surface area contributed by atoms with Gasteiger partial charge in [0, 0.05) is 19.6 Å². The van der Waals surface area contributed by atoms with E-state index in [4.69, 9.17) is 5.11 Å². The fourth-order valence-electron chi connectivity index (χ4n) is 1.98. The highest BCUT2D eigenvalue weighted by Gasteiger charge is 2.25. The number of hydrogen-bond acceptors (Lipinski definition) is 3. The van der Waals surface area contributed by atoms with Gasteiger partial charge in [-0.1, -0.05) is 13.8 Å². The van der Waals surface area contributed by atoms with Gasteiger partial charge < -0.3 is 15.7 Å². The van der Waals surface area contributed by atoms with Crippen LogP contribution in [0.15, 0.2) is 0 Å². The van der Waals surface area contributed by atoms with Crippen LogP contribution in [0.5, 0.6) is 0 Å². The van der Waals surface area contributed by atoms with E-state index in [9.17, 15) is 4.79 Å². The van der Waals surface area contributed by atoms with Crippen LogP contribution >= 0.6 is 12.4 Å². The standard InChI is InChI=1S/C13H28N2O2.ClH/c1-4-13(5-2,8-10-16)11-15-12(17)7-6-9-14-3;/h14,16H,4-11H2,1-3H3,(H,15,17);1H. The summed E-state index contributed by atoms with van der Waals surface area (Å²) in [5.74, 6) is 0.115. The average molecular weight is 281 g/mol. The molecule has 3 N–H and O–H groups in total. The van der Waals surface area contributed by atoms with Gasteiger partial charge in [0.25, 0.3) is 0 Å². The summed E-state index contributed by atoms with van der Waals surface area (Å²) < 4.78 is 0. The van der Waals surface area contributed by atoms with Crippen LogP contribution in [-0.2, 0) is 4.79 Å².